The summed E-state index contributed by atoms with van der Waals surface area (Å²) < 4.78 is 8.05. The third-order valence-electron chi connectivity index (χ3n) is 2.22. The lowest BCUT2D eigenvalue weighted by atomic mass is 10.2. The molecule has 17 heavy (non-hydrogen) atoms. The topological polar surface area (TPSA) is 60.2 Å². The van der Waals surface area contributed by atoms with Gasteiger partial charge >= 0.3 is 0 Å². The molecule has 0 aliphatic heterocycles. The van der Waals surface area contributed by atoms with Crippen LogP contribution in [-0.4, -0.2) is 20.1 Å². The van der Waals surface area contributed by atoms with Crippen LogP contribution in [0.15, 0.2) is 28.9 Å². The maximum Gasteiger partial charge on any atom is 0.134 e. The van der Waals surface area contributed by atoms with E-state index in [0.717, 1.165) is 15.7 Å². The van der Waals surface area contributed by atoms with Crippen LogP contribution in [0, 0.1) is 0 Å². The van der Waals surface area contributed by atoms with Crippen LogP contribution >= 0.6 is 15.9 Å². The number of aromatic nitrogens is 3. The minimum absolute atomic E-state index is 0.0249. The number of hydrogen-bond donors (Lipinski definition) is 1. The summed E-state index contributed by atoms with van der Waals surface area (Å²) in [6.45, 7) is 0.337. The molecule has 90 valence electrons. The molecule has 1 aromatic heterocycles. The highest BCUT2D eigenvalue weighted by Crippen LogP contribution is 2.23. The lowest BCUT2D eigenvalue weighted by Crippen LogP contribution is -1.97. The Morgan fingerprint density at radius 1 is 1.47 bits per heavy atom. The van der Waals surface area contributed by atoms with Crippen LogP contribution in [-0.2, 0) is 20.3 Å². The van der Waals surface area contributed by atoms with Gasteiger partial charge in [-0.15, -0.1) is 5.10 Å². The summed E-state index contributed by atoms with van der Waals surface area (Å²) in [7, 11) is 1.81. The Morgan fingerprint density at radius 2 is 2.29 bits per heavy atom. The lowest BCUT2D eigenvalue weighted by molar-refractivity contribution is 0.276. The van der Waals surface area contributed by atoms with Gasteiger partial charge in [-0.05, 0) is 23.8 Å². The molecule has 1 N–H and O–H groups in total. The number of aryl methyl sites for hydroxylation is 1. The van der Waals surface area contributed by atoms with E-state index in [1.54, 1.807) is 24.0 Å². The van der Waals surface area contributed by atoms with Gasteiger partial charge in [-0.25, -0.2) is 0 Å². The summed E-state index contributed by atoms with van der Waals surface area (Å²) in [5.41, 5.74) is 1.56. The molecular formula is C11H12BrN3O2. The molecule has 1 heterocycles. The highest BCUT2D eigenvalue weighted by molar-refractivity contribution is 9.10. The molecule has 2 rings (SSSR count). The highest BCUT2D eigenvalue weighted by atomic mass is 79.9. The molecule has 0 saturated heterocycles. The molecule has 0 spiro atoms. The van der Waals surface area contributed by atoms with Crippen molar-refractivity contribution in [2.24, 2.45) is 7.05 Å². The van der Waals surface area contributed by atoms with Crippen molar-refractivity contribution in [2.75, 3.05) is 0 Å². The van der Waals surface area contributed by atoms with E-state index in [4.69, 9.17) is 9.84 Å². The molecular weight excluding hydrogens is 286 g/mol. The first-order chi connectivity index (χ1) is 8.19. The van der Waals surface area contributed by atoms with E-state index >= 15 is 0 Å². The molecule has 0 aliphatic carbocycles. The molecule has 0 bridgehead atoms. The van der Waals surface area contributed by atoms with E-state index in [2.05, 4.69) is 26.2 Å². The average Bonchev–Trinajstić information content (AvgIpc) is 2.74. The summed E-state index contributed by atoms with van der Waals surface area (Å²) in [6, 6.07) is 5.47. The normalized spacial score (nSPS) is 10.5. The minimum atomic E-state index is -0.0249. The second-order valence-corrected chi connectivity index (χ2v) is 4.44. The largest absolute Gasteiger partial charge is 0.487 e. The maximum absolute atomic E-state index is 9.12. The standard InChI is InChI=1S/C11H12BrN3O2/c1-15-5-9(13-14-15)7-17-10-2-3-11(12)8(4-10)6-16/h2-5,16H,6-7H2,1H3. The van der Waals surface area contributed by atoms with Crippen LogP contribution in [0.3, 0.4) is 0 Å². The van der Waals surface area contributed by atoms with E-state index in [1.165, 1.54) is 0 Å². The fraction of sp³-hybridized carbons (Fsp3) is 0.273. The van der Waals surface area contributed by atoms with Crippen molar-refractivity contribution in [3.05, 3.63) is 40.1 Å². The van der Waals surface area contributed by atoms with Crippen LogP contribution in [0.25, 0.3) is 0 Å². The van der Waals surface area contributed by atoms with Gasteiger partial charge in [0.2, 0.25) is 0 Å². The summed E-state index contributed by atoms with van der Waals surface area (Å²) in [6.07, 6.45) is 1.80. The Morgan fingerprint density at radius 3 is 2.94 bits per heavy atom. The molecule has 0 unspecified atom stereocenters. The number of nitrogens with zero attached hydrogens (tertiary/aromatic N) is 3. The number of aliphatic hydroxyl groups excluding tert-OH is 1. The van der Waals surface area contributed by atoms with Gasteiger partial charge in [0, 0.05) is 11.5 Å². The van der Waals surface area contributed by atoms with Crippen molar-refractivity contribution < 1.29 is 9.84 Å². The first-order valence-electron chi connectivity index (χ1n) is 5.06. The van der Waals surface area contributed by atoms with Gasteiger partial charge in [0.05, 0.1) is 12.8 Å². The van der Waals surface area contributed by atoms with Crippen LogP contribution in [0.4, 0.5) is 0 Å². The van der Waals surface area contributed by atoms with Crippen LogP contribution in [0.2, 0.25) is 0 Å². The van der Waals surface area contributed by atoms with E-state index in [-0.39, 0.29) is 6.61 Å². The third-order valence-corrected chi connectivity index (χ3v) is 3.00. The van der Waals surface area contributed by atoms with Crippen LogP contribution in [0.5, 0.6) is 5.75 Å². The fourth-order valence-electron chi connectivity index (χ4n) is 1.38. The van der Waals surface area contributed by atoms with Crippen molar-refractivity contribution in [3.63, 3.8) is 0 Å². The monoisotopic (exact) mass is 297 g/mol. The van der Waals surface area contributed by atoms with E-state index in [9.17, 15) is 0 Å². The Kier molecular flexibility index (Phi) is 3.75. The van der Waals surface area contributed by atoms with Gasteiger partial charge < -0.3 is 9.84 Å². The molecule has 6 heteroatoms. The van der Waals surface area contributed by atoms with E-state index < -0.39 is 0 Å². The SMILES string of the molecule is Cn1cc(COc2ccc(Br)c(CO)c2)nn1. The molecule has 0 aliphatic rings. The second kappa shape index (κ2) is 5.29. The Balaban J connectivity index is 2.04. The number of rotatable bonds is 4. The van der Waals surface area contributed by atoms with Gasteiger partial charge in [0.15, 0.2) is 0 Å². The first kappa shape index (κ1) is 12.1. The molecule has 0 amide bonds. The van der Waals surface area contributed by atoms with Crippen molar-refractivity contribution in [1.29, 1.82) is 0 Å². The smallest absolute Gasteiger partial charge is 0.134 e. The van der Waals surface area contributed by atoms with Gasteiger partial charge in [0.1, 0.15) is 18.1 Å². The van der Waals surface area contributed by atoms with Crippen LogP contribution < -0.4 is 4.74 Å². The predicted molar refractivity (Wildman–Crippen MR) is 65.4 cm³/mol. The molecule has 2 aromatic rings. The quantitative estimate of drug-likeness (QED) is 0.932. The number of benzene rings is 1. The number of halogens is 1. The Bertz CT molecular complexity index is 513. The summed E-state index contributed by atoms with van der Waals surface area (Å²) in [5, 5.41) is 16.9. The molecule has 0 saturated carbocycles. The Hall–Kier alpha value is -1.40. The van der Waals surface area contributed by atoms with Crippen LogP contribution in [0.1, 0.15) is 11.3 Å². The van der Waals surface area contributed by atoms with Crippen molar-refractivity contribution >= 4 is 15.9 Å². The van der Waals surface area contributed by atoms with Gasteiger partial charge in [-0.2, -0.15) is 0 Å². The van der Waals surface area contributed by atoms with E-state index in [0.29, 0.717) is 12.4 Å². The average molecular weight is 298 g/mol. The minimum Gasteiger partial charge on any atom is -0.487 e. The van der Waals surface area contributed by atoms with Crippen molar-refractivity contribution in [3.8, 4) is 5.75 Å². The number of aliphatic hydroxyl groups is 1. The second-order valence-electron chi connectivity index (χ2n) is 3.58. The van der Waals surface area contributed by atoms with Gasteiger partial charge in [0.25, 0.3) is 0 Å². The molecule has 0 atom stereocenters. The molecule has 5 nitrogen and oxygen atoms in total. The van der Waals surface area contributed by atoms with Gasteiger partial charge in [-0.1, -0.05) is 21.1 Å². The number of hydrogen-bond acceptors (Lipinski definition) is 4. The zero-order chi connectivity index (χ0) is 12.3. The molecule has 0 fully saturated rings. The molecule has 1 aromatic carbocycles. The van der Waals surface area contributed by atoms with Gasteiger partial charge in [-0.3, -0.25) is 4.68 Å². The first-order valence-corrected chi connectivity index (χ1v) is 5.85. The predicted octanol–water partition coefficient (Wildman–Crippen LogP) is 1.65. The number of ether oxygens (including phenoxy) is 1. The highest BCUT2D eigenvalue weighted by Gasteiger charge is 2.03. The van der Waals surface area contributed by atoms with Crippen molar-refractivity contribution in [1.82, 2.24) is 15.0 Å². The third kappa shape index (κ3) is 3.04. The summed E-state index contributed by atoms with van der Waals surface area (Å²) >= 11 is 3.35. The zero-order valence-corrected chi connectivity index (χ0v) is 10.9. The Labute approximate surface area is 107 Å². The molecule has 0 radical (unpaired) electrons. The summed E-state index contributed by atoms with van der Waals surface area (Å²) in [4.78, 5) is 0. The summed E-state index contributed by atoms with van der Waals surface area (Å²) in [5.74, 6) is 0.697. The fourth-order valence-corrected chi connectivity index (χ4v) is 1.75. The lowest BCUT2D eigenvalue weighted by Gasteiger charge is -2.06. The maximum atomic E-state index is 9.12. The van der Waals surface area contributed by atoms with E-state index in [1.807, 2.05) is 12.1 Å². The zero-order valence-electron chi connectivity index (χ0n) is 9.30. The van der Waals surface area contributed by atoms with Crippen molar-refractivity contribution in [2.45, 2.75) is 13.2 Å².